The zero-order chi connectivity index (χ0) is 12.8. The van der Waals surface area contributed by atoms with Crippen LogP contribution < -0.4 is 11.1 Å². The van der Waals surface area contributed by atoms with E-state index in [2.05, 4.69) is 5.32 Å². The highest BCUT2D eigenvalue weighted by Crippen LogP contribution is 2.12. The van der Waals surface area contributed by atoms with Crippen molar-refractivity contribution < 1.29 is 19.5 Å². The maximum absolute atomic E-state index is 11.5. The van der Waals surface area contributed by atoms with Gasteiger partial charge in [-0.15, -0.1) is 0 Å². The Balaban J connectivity index is 2.74. The first-order valence-electron chi connectivity index (χ1n) is 4.87. The Kier molecular flexibility index (Phi) is 4.36. The summed E-state index contributed by atoms with van der Waals surface area (Å²) < 4.78 is 0. The Hall–Kier alpha value is -2.21. The van der Waals surface area contributed by atoms with Crippen LogP contribution in [0.4, 0.5) is 5.69 Å². The van der Waals surface area contributed by atoms with Crippen LogP contribution in [-0.4, -0.2) is 29.3 Å². The monoisotopic (exact) mass is 236 g/mol. The SMILES string of the molecule is N[C@@H](CC(=O)O)C(=O)Nc1ccccc1C=O. The number of carbonyl (C=O) groups is 3. The van der Waals surface area contributed by atoms with Crippen molar-refractivity contribution in [1.29, 1.82) is 0 Å². The fourth-order valence-electron chi connectivity index (χ4n) is 1.22. The quantitative estimate of drug-likeness (QED) is 0.634. The first kappa shape index (κ1) is 12.9. The lowest BCUT2D eigenvalue weighted by Crippen LogP contribution is -2.37. The number of amides is 1. The summed E-state index contributed by atoms with van der Waals surface area (Å²) in [6.45, 7) is 0. The van der Waals surface area contributed by atoms with E-state index in [0.717, 1.165) is 0 Å². The Morgan fingerprint density at radius 3 is 2.65 bits per heavy atom. The molecule has 1 atom stereocenters. The molecule has 0 radical (unpaired) electrons. The number of aldehydes is 1. The smallest absolute Gasteiger partial charge is 0.305 e. The van der Waals surface area contributed by atoms with E-state index in [9.17, 15) is 14.4 Å². The third kappa shape index (κ3) is 3.69. The molecule has 0 saturated carbocycles. The van der Waals surface area contributed by atoms with Crippen molar-refractivity contribution in [1.82, 2.24) is 0 Å². The lowest BCUT2D eigenvalue weighted by atomic mass is 10.1. The number of nitrogens with two attached hydrogens (primary N) is 1. The highest BCUT2D eigenvalue weighted by atomic mass is 16.4. The van der Waals surface area contributed by atoms with Gasteiger partial charge in [0.05, 0.1) is 18.2 Å². The van der Waals surface area contributed by atoms with Gasteiger partial charge in [-0.2, -0.15) is 0 Å². The van der Waals surface area contributed by atoms with Crippen molar-refractivity contribution in [2.75, 3.05) is 5.32 Å². The molecule has 1 aromatic rings. The number of carboxylic acids is 1. The van der Waals surface area contributed by atoms with Gasteiger partial charge in [-0.3, -0.25) is 14.4 Å². The third-order valence-corrected chi connectivity index (χ3v) is 2.08. The summed E-state index contributed by atoms with van der Waals surface area (Å²) >= 11 is 0. The van der Waals surface area contributed by atoms with Crippen LogP contribution in [0.25, 0.3) is 0 Å². The molecule has 0 heterocycles. The molecule has 6 heteroatoms. The van der Waals surface area contributed by atoms with E-state index in [-0.39, 0.29) is 0 Å². The Bertz CT molecular complexity index is 445. The Morgan fingerprint density at radius 2 is 2.06 bits per heavy atom. The van der Waals surface area contributed by atoms with E-state index in [0.29, 0.717) is 17.5 Å². The zero-order valence-electron chi connectivity index (χ0n) is 8.92. The number of hydrogen-bond donors (Lipinski definition) is 3. The summed E-state index contributed by atoms with van der Waals surface area (Å²) in [5.74, 6) is -1.79. The van der Waals surface area contributed by atoms with Gasteiger partial charge in [0.25, 0.3) is 0 Å². The van der Waals surface area contributed by atoms with Crippen LogP contribution in [0.3, 0.4) is 0 Å². The predicted octanol–water partition coefficient (Wildman–Crippen LogP) is 0.240. The van der Waals surface area contributed by atoms with Crippen molar-refractivity contribution in [3.05, 3.63) is 29.8 Å². The second-order valence-corrected chi connectivity index (χ2v) is 3.40. The zero-order valence-corrected chi connectivity index (χ0v) is 8.92. The fraction of sp³-hybridized carbons (Fsp3) is 0.182. The molecular weight excluding hydrogens is 224 g/mol. The first-order chi connectivity index (χ1) is 8.04. The summed E-state index contributed by atoms with van der Waals surface area (Å²) in [4.78, 5) is 32.6. The second-order valence-electron chi connectivity index (χ2n) is 3.40. The molecule has 0 spiro atoms. The predicted molar refractivity (Wildman–Crippen MR) is 60.7 cm³/mol. The molecule has 0 unspecified atom stereocenters. The topological polar surface area (TPSA) is 109 Å². The second kappa shape index (κ2) is 5.76. The molecule has 6 nitrogen and oxygen atoms in total. The molecule has 1 aromatic carbocycles. The highest BCUT2D eigenvalue weighted by molar-refractivity contribution is 6.00. The molecule has 90 valence electrons. The van der Waals surface area contributed by atoms with E-state index in [4.69, 9.17) is 10.8 Å². The van der Waals surface area contributed by atoms with Crippen LogP contribution >= 0.6 is 0 Å². The molecule has 17 heavy (non-hydrogen) atoms. The van der Waals surface area contributed by atoms with Gasteiger partial charge in [0, 0.05) is 5.56 Å². The van der Waals surface area contributed by atoms with E-state index in [1.165, 1.54) is 12.1 Å². The van der Waals surface area contributed by atoms with Crippen LogP contribution in [0.15, 0.2) is 24.3 Å². The molecule has 1 rings (SSSR count). The molecule has 0 aliphatic heterocycles. The summed E-state index contributed by atoms with van der Waals surface area (Å²) in [7, 11) is 0. The largest absolute Gasteiger partial charge is 0.481 e. The molecule has 1 amide bonds. The molecule has 0 bridgehead atoms. The molecule has 0 fully saturated rings. The minimum absolute atomic E-state index is 0.309. The van der Waals surface area contributed by atoms with E-state index in [1.54, 1.807) is 12.1 Å². The van der Waals surface area contributed by atoms with Gasteiger partial charge in [0.2, 0.25) is 5.91 Å². The van der Waals surface area contributed by atoms with Gasteiger partial charge in [-0.25, -0.2) is 0 Å². The van der Waals surface area contributed by atoms with Crippen LogP contribution in [0.1, 0.15) is 16.8 Å². The van der Waals surface area contributed by atoms with Crippen molar-refractivity contribution >= 4 is 23.9 Å². The van der Waals surface area contributed by atoms with Crippen molar-refractivity contribution in [3.63, 3.8) is 0 Å². The van der Waals surface area contributed by atoms with E-state index >= 15 is 0 Å². The number of para-hydroxylation sites is 1. The maximum Gasteiger partial charge on any atom is 0.305 e. The minimum Gasteiger partial charge on any atom is -0.481 e. The lowest BCUT2D eigenvalue weighted by Gasteiger charge is -2.11. The van der Waals surface area contributed by atoms with Gasteiger partial charge in [-0.05, 0) is 12.1 Å². The standard InChI is InChI=1S/C11H12N2O4/c12-8(5-10(15)16)11(17)13-9-4-2-1-3-7(9)6-14/h1-4,6,8H,5,12H2,(H,13,17)(H,15,16)/t8-/m0/s1. The number of hydrogen-bond acceptors (Lipinski definition) is 4. The molecule has 0 aliphatic carbocycles. The molecule has 0 aromatic heterocycles. The van der Waals surface area contributed by atoms with Gasteiger partial charge >= 0.3 is 5.97 Å². The number of benzene rings is 1. The van der Waals surface area contributed by atoms with Crippen LogP contribution in [0.2, 0.25) is 0 Å². The van der Waals surface area contributed by atoms with E-state index < -0.39 is 24.3 Å². The highest BCUT2D eigenvalue weighted by Gasteiger charge is 2.17. The van der Waals surface area contributed by atoms with Crippen LogP contribution in [-0.2, 0) is 9.59 Å². The van der Waals surface area contributed by atoms with Crippen molar-refractivity contribution in [3.8, 4) is 0 Å². The molecular formula is C11H12N2O4. The average Bonchev–Trinajstić information content (AvgIpc) is 2.28. The number of carboxylic acid groups (broad SMARTS) is 1. The summed E-state index contributed by atoms with van der Waals surface area (Å²) in [5.41, 5.74) is 6.00. The molecule has 0 saturated heterocycles. The van der Waals surface area contributed by atoms with Crippen molar-refractivity contribution in [2.24, 2.45) is 5.73 Å². The van der Waals surface area contributed by atoms with Crippen LogP contribution in [0.5, 0.6) is 0 Å². The first-order valence-corrected chi connectivity index (χ1v) is 4.87. The summed E-state index contributed by atoms with van der Waals surface area (Å²) in [5, 5.41) is 10.9. The van der Waals surface area contributed by atoms with Crippen LogP contribution in [0, 0.1) is 0 Å². The molecule has 4 N–H and O–H groups in total. The number of aliphatic carboxylic acids is 1. The normalized spacial score (nSPS) is 11.6. The maximum atomic E-state index is 11.5. The van der Waals surface area contributed by atoms with Gasteiger partial charge in [0.15, 0.2) is 6.29 Å². The Labute approximate surface area is 97.4 Å². The lowest BCUT2D eigenvalue weighted by molar-refractivity contribution is -0.138. The van der Waals surface area contributed by atoms with E-state index in [1.807, 2.05) is 0 Å². The average molecular weight is 236 g/mol. The van der Waals surface area contributed by atoms with Gasteiger partial charge < -0.3 is 16.2 Å². The number of carbonyl (C=O) groups excluding carboxylic acids is 2. The summed E-state index contributed by atoms with van der Waals surface area (Å²) in [6, 6.07) is 5.22. The van der Waals surface area contributed by atoms with Gasteiger partial charge in [-0.1, -0.05) is 12.1 Å². The fourth-order valence-corrected chi connectivity index (χ4v) is 1.22. The number of rotatable bonds is 5. The number of nitrogens with one attached hydrogen (secondary N) is 1. The molecule has 0 aliphatic rings. The van der Waals surface area contributed by atoms with Gasteiger partial charge in [0.1, 0.15) is 0 Å². The Morgan fingerprint density at radius 1 is 1.41 bits per heavy atom. The summed E-state index contributed by atoms with van der Waals surface area (Å²) in [6.07, 6.45) is 0.132. The van der Waals surface area contributed by atoms with Crippen molar-refractivity contribution in [2.45, 2.75) is 12.5 Å². The number of anilines is 1. The third-order valence-electron chi connectivity index (χ3n) is 2.08. The minimum atomic E-state index is -1.16.